The number of rotatable bonds is 9. The van der Waals surface area contributed by atoms with E-state index in [0.717, 1.165) is 35.4 Å². The number of amides is 2. The Hall–Kier alpha value is -4.40. The SMILES string of the molecule is CCCCN(CC(=O)Nc1cc(-c2ccccc2)nn1-c1ccc(C)cc1)C(=O)c1cccc(C(F)(F)F)c1. The third-order valence-electron chi connectivity index (χ3n) is 6.17. The molecule has 0 radical (unpaired) electrons. The zero-order valence-electron chi connectivity index (χ0n) is 21.7. The van der Waals surface area contributed by atoms with Gasteiger partial charge >= 0.3 is 6.18 Å². The van der Waals surface area contributed by atoms with Crippen LogP contribution >= 0.6 is 0 Å². The number of unbranched alkanes of at least 4 members (excludes halogenated alkanes) is 1. The first kappa shape index (κ1) is 27.6. The predicted molar refractivity (Wildman–Crippen MR) is 145 cm³/mol. The molecule has 4 aromatic rings. The molecule has 2 amide bonds. The molecule has 6 nitrogen and oxygen atoms in total. The van der Waals surface area contributed by atoms with Gasteiger partial charge in [0.15, 0.2) is 0 Å². The first-order chi connectivity index (χ1) is 18.7. The number of halogens is 3. The molecule has 202 valence electrons. The molecular weight excluding hydrogens is 505 g/mol. The predicted octanol–water partition coefficient (Wildman–Crippen LogP) is 6.75. The molecule has 0 saturated heterocycles. The van der Waals surface area contributed by atoms with Gasteiger partial charge in [0.05, 0.1) is 16.9 Å². The van der Waals surface area contributed by atoms with Crippen molar-refractivity contribution in [2.75, 3.05) is 18.4 Å². The van der Waals surface area contributed by atoms with Crippen LogP contribution in [0.25, 0.3) is 16.9 Å². The molecule has 0 aliphatic carbocycles. The van der Waals surface area contributed by atoms with Gasteiger partial charge in [-0.15, -0.1) is 0 Å². The van der Waals surface area contributed by atoms with E-state index in [1.54, 1.807) is 10.7 Å². The Balaban J connectivity index is 1.60. The van der Waals surface area contributed by atoms with Crippen LogP contribution < -0.4 is 5.32 Å². The summed E-state index contributed by atoms with van der Waals surface area (Å²) in [6.45, 7) is 3.80. The van der Waals surface area contributed by atoms with Gasteiger partial charge in [0, 0.05) is 23.7 Å². The molecule has 0 saturated carbocycles. The van der Waals surface area contributed by atoms with Crippen LogP contribution in [0.2, 0.25) is 0 Å². The number of hydrogen-bond acceptors (Lipinski definition) is 3. The normalized spacial score (nSPS) is 11.3. The van der Waals surface area contributed by atoms with Crippen molar-refractivity contribution in [1.29, 1.82) is 0 Å². The van der Waals surface area contributed by atoms with Gasteiger partial charge in [0.2, 0.25) is 5.91 Å². The van der Waals surface area contributed by atoms with Gasteiger partial charge in [-0.1, -0.05) is 67.4 Å². The van der Waals surface area contributed by atoms with Gasteiger partial charge in [-0.3, -0.25) is 9.59 Å². The summed E-state index contributed by atoms with van der Waals surface area (Å²) in [6.07, 6.45) is -3.24. The number of carbonyl (C=O) groups is 2. The van der Waals surface area contributed by atoms with Gasteiger partial charge in [-0.25, -0.2) is 4.68 Å². The Labute approximate surface area is 225 Å². The van der Waals surface area contributed by atoms with Crippen molar-refractivity contribution in [2.45, 2.75) is 32.9 Å². The average Bonchev–Trinajstić information content (AvgIpc) is 3.34. The number of benzene rings is 3. The Morgan fingerprint density at radius 1 is 0.949 bits per heavy atom. The Bertz CT molecular complexity index is 1430. The molecule has 0 aliphatic rings. The number of anilines is 1. The first-order valence-corrected chi connectivity index (χ1v) is 12.6. The van der Waals surface area contributed by atoms with E-state index >= 15 is 0 Å². The molecular formula is C30H29F3N4O2. The van der Waals surface area contributed by atoms with E-state index in [2.05, 4.69) is 5.32 Å². The van der Waals surface area contributed by atoms with Gasteiger partial charge in [0.25, 0.3) is 5.91 Å². The van der Waals surface area contributed by atoms with Crippen LogP contribution in [0.5, 0.6) is 0 Å². The number of aromatic nitrogens is 2. The summed E-state index contributed by atoms with van der Waals surface area (Å²) in [4.78, 5) is 27.7. The van der Waals surface area contributed by atoms with Crippen molar-refractivity contribution < 1.29 is 22.8 Å². The Morgan fingerprint density at radius 2 is 1.67 bits per heavy atom. The second-order valence-corrected chi connectivity index (χ2v) is 9.24. The number of carbonyl (C=O) groups excluding carboxylic acids is 2. The van der Waals surface area contributed by atoms with Crippen LogP contribution in [0.3, 0.4) is 0 Å². The fraction of sp³-hybridized carbons (Fsp3) is 0.233. The largest absolute Gasteiger partial charge is 0.416 e. The summed E-state index contributed by atoms with van der Waals surface area (Å²) in [6, 6.07) is 23.1. The molecule has 1 N–H and O–H groups in total. The zero-order chi connectivity index (χ0) is 28.0. The molecule has 3 aromatic carbocycles. The fourth-order valence-electron chi connectivity index (χ4n) is 4.07. The van der Waals surface area contributed by atoms with Gasteiger partial charge in [0.1, 0.15) is 12.4 Å². The van der Waals surface area contributed by atoms with Crippen molar-refractivity contribution in [3.05, 3.63) is 102 Å². The molecule has 1 heterocycles. The summed E-state index contributed by atoms with van der Waals surface area (Å²) in [5.41, 5.74) is 2.28. The summed E-state index contributed by atoms with van der Waals surface area (Å²) in [5, 5.41) is 7.54. The van der Waals surface area contributed by atoms with E-state index in [4.69, 9.17) is 5.10 Å². The quantitative estimate of drug-likeness (QED) is 0.258. The number of hydrogen-bond donors (Lipinski definition) is 1. The number of nitrogens with zero attached hydrogens (tertiary/aromatic N) is 3. The summed E-state index contributed by atoms with van der Waals surface area (Å²) in [5.74, 6) is -0.717. The minimum atomic E-state index is -4.58. The lowest BCUT2D eigenvalue weighted by Crippen LogP contribution is -2.39. The second kappa shape index (κ2) is 12.0. The highest BCUT2D eigenvalue weighted by atomic mass is 19.4. The zero-order valence-corrected chi connectivity index (χ0v) is 21.7. The van der Waals surface area contributed by atoms with E-state index in [0.29, 0.717) is 17.9 Å². The topological polar surface area (TPSA) is 67.2 Å². The standard InChI is InChI=1S/C30H29F3N4O2/c1-3-4-17-36(29(39)23-11-8-12-24(18-23)30(31,32)33)20-28(38)34-27-19-26(22-9-6-5-7-10-22)35-37(27)25-15-13-21(2)14-16-25/h5-16,18-19H,3-4,17,20H2,1-2H3,(H,34,38). The van der Waals surface area contributed by atoms with E-state index in [1.807, 2.05) is 68.4 Å². The van der Waals surface area contributed by atoms with Crippen LogP contribution in [0, 0.1) is 6.92 Å². The van der Waals surface area contributed by atoms with Crippen molar-refractivity contribution in [1.82, 2.24) is 14.7 Å². The molecule has 0 fully saturated rings. The van der Waals surface area contributed by atoms with Crippen LogP contribution in [-0.4, -0.2) is 39.6 Å². The van der Waals surface area contributed by atoms with E-state index in [9.17, 15) is 22.8 Å². The van der Waals surface area contributed by atoms with Gasteiger partial charge < -0.3 is 10.2 Å². The van der Waals surface area contributed by atoms with Crippen molar-refractivity contribution in [3.8, 4) is 16.9 Å². The lowest BCUT2D eigenvalue weighted by atomic mass is 10.1. The average molecular weight is 535 g/mol. The Morgan fingerprint density at radius 3 is 2.33 bits per heavy atom. The Kier molecular flexibility index (Phi) is 8.49. The molecule has 0 bridgehead atoms. The molecule has 0 spiro atoms. The molecule has 0 atom stereocenters. The minimum absolute atomic E-state index is 0.121. The monoisotopic (exact) mass is 534 g/mol. The van der Waals surface area contributed by atoms with Crippen LogP contribution in [0.4, 0.5) is 19.0 Å². The maximum Gasteiger partial charge on any atom is 0.416 e. The molecule has 0 unspecified atom stereocenters. The van der Waals surface area contributed by atoms with E-state index < -0.39 is 23.6 Å². The lowest BCUT2D eigenvalue weighted by molar-refractivity contribution is -0.137. The molecule has 0 aliphatic heterocycles. The number of nitrogens with one attached hydrogen (secondary N) is 1. The maximum absolute atomic E-state index is 13.2. The molecule has 4 rings (SSSR count). The lowest BCUT2D eigenvalue weighted by Gasteiger charge is -2.22. The highest BCUT2D eigenvalue weighted by Crippen LogP contribution is 2.30. The molecule has 1 aromatic heterocycles. The van der Waals surface area contributed by atoms with Crippen molar-refractivity contribution in [3.63, 3.8) is 0 Å². The van der Waals surface area contributed by atoms with E-state index in [-0.39, 0.29) is 18.7 Å². The summed E-state index contributed by atoms with van der Waals surface area (Å²) < 4.78 is 41.3. The smallest absolute Gasteiger partial charge is 0.329 e. The fourth-order valence-corrected chi connectivity index (χ4v) is 4.07. The third-order valence-corrected chi connectivity index (χ3v) is 6.17. The van der Waals surface area contributed by atoms with Crippen molar-refractivity contribution in [2.24, 2.45) is 0 Å². The van der Waals surface area contributed by atoms with Gasteiger partial charge in [-0.2, -0.15) is 18.3 Å². The third kappa shape index (κ3) is 6.93. The van der Waals surface area contributed by atoms with Crippen LogP contribution in [0.1, 0.15) is 41.3 Å². The number of alkyl halides is 3. The van der Waals surface area contributed by atoms with Gasteiger partial charge in [-0.05, 0) is 43.7 Å². The first-order valence-electron chi connectivity index (χ1n) is 12.6. The molecule has 39 heavy (non-hydrogen) atoms. The number of aryl methyl sites for hydroxylation is 1. The second-order valence-electron chi connectivity index (χ2n) is 9.24. The summed E-state index contributed by atoms with van der Waals surface area (Å²) >= 11 is 0. The van der Waals surface area contributed by atoms with E-state index in [1.165, 1.54) is 17.0 Å². The van der Waals surface area contributed by atoms with Crippen LogP contribution in [-0.2, 0) is 11.0 Å². The van der Waals surface area contributed by atoms with Crippen molar-refractivity contribution >= 4 is 17.6 Å². The maximum atomic E-state index is 13.2. The molecule has 9 heteroatoms. The highest BCUT2D eigenvalue weighted by Gasteiger charge is 2.31. The van der Waals surface area contributed by atoms with Crippen LogP contribution in [0.15, 0.2) is 84.9 Å². The minimum Gasteiger partial charge on any atom is -0.329 e. The summed E-state index contributed by atoms with van der Waals surface area (Å²) in [7, 11) is 0. The highest BCUT2D eigenvalue weighted by molar-refractivity contribution is 5.99.